The van der Waals surface area contributed by atoms with Gasteiger partial charge in [-0.3, -0.25) is 14.6 Å². The Morgan fingerprint density at radius 2 is 1.81 bits per heavy atom. The van der Waals surface area contributed by atoms with Gasteiger partial charge < -0.3 is 14.6 Å². The molecule has 1 fully saturated rings. The summed E-state index contributed by atoms with van der Waals surface area (Å²) in [5.41, 5.74) is 1.12. The molecule has 1 aliphatic heterocycles. The number of hydrogen-bond acceptors (Lipinski definition) is 7. The van der Waals surface area contributed by atoms with E-state index in [0.717, 1.165) is 41.0 Å². The lowest BCUT2D eigenvalue weighted by atomic mass is 9.77. The van der Waals surface area contributed by atoms with E-state index in [1.165, 1.54) is 23.3 Å². The van der Waals surface area contributed by atoms with Gasteiger partial charge in [0.05, 0.1) is 25.9 Å². The number of carbonyl (C=O) groups is 3. The zero-order chi connectivity index (χ0) is 27.2. The molecule has 0 radical (unpaired) electrons. The highest BCUT2D eigenvalue weighted by molar-refractivity contribution is 7.13. The highest BCUT2D eigenvalue weighted by Gasteiger charge is 2.44. The average Bonchev–Trinajstić information content (AvgIpc) is 3.44. The van der Waals surface area contributed by atoms with Crippen molar-refractivity contribution in [2.24, 2.45) is 0 Å². The summed E-state index contributed by atoms with van der Waals surface area (Å²) in [5.74, 6) is -0.706. The van der Waals surface area contributed by atoms with Crippen LogP contribution in [-0.4, -0.2) is 60.3 Å². The minimum Gasteiger partial charge on any atom is -0.462 e. The molecule has 0 spiro atoms. The van der Waals surface area contributed by atoms with E-state index in [4.69, 9.17) is 9.47 Å². The predicted molar refractivity (Wildman–Crippen MR) is 144 cm³/mol. The smallest absolute Gasteiger partial charge is 0.348 e. The van der Waals surface area contributed by atoms with Crippen LogP contribution in [0.25, 0.3) is 0 Å². The summed E-state index contributed by atoms with van der Waals surface area (Å²) in [7, 11) is 1.46. The molecule has 3 rings (SSSR count). The highest BCUT2D eigenvalue weighted by Crippen LogP contribution is 2.33. The molecule has 2 heterocycles. The minimum atomic E-state index is -0.791. The first-order valence-corrected chi connectivity index (χ1v) is 13.7. The largest absolute Gasteiger partial charge is 0.462 e. The van der Waals surface area contributed by atoms with Gasteiger partial charge in [-0.1, -0.05) is 52.2 Å². The molecule has 3 amide bonds. The van der Waals surface area contributed by atoms with Gasteiger partial charge in [0.2, 0.25) is 0 Å². The van der Waals surface area contributed by atoms with Gasteiger partial charge in [0.1, 0.15) is 10.9 Å². The number of aliphatic hydroxyl groups excluding tert-OH is 1. The number of aliphatic hydroxyl groups is 1. The maximum absolute atomic E-state index is 12.9. The second-order valence-corrected chi connectivity index (χ2v) is 11.0. The Kier molecular flexibility index (Phi) is 9.87. The maximum atomic E-state index is 12.9. The lowest BCUT2D eigenvalue weighted by Gasteiger charge is -2.32. The molecule has 2 unspecified atom stereocenters. The number of thiophene rings is 1. The summed E-state index contributed by atoms with van der Waals surface area (Å²) < 4.78 is 10.8. The molecule has 1 aromatic carbocycles. The number of nitrogens with zero attached hydrogens (tertiary/aromatic N) is 2. The van der Waals surface area contributed by atoms with Gasteiger partial charge in [0, 0.05) is 23.0 Å². The number of imide groups is 1. The van der Waals surface area contributed by atoms with Gasteiger partial charge >= 0.3 is 12.0 Å². The van der Waals surface area contributed by atoms with Crippen LogP contribution in [0, 0.1) is 0 Å². The molecule has 2 aromatic rings. The van der Waals surface area contributed by atoms with E-state index in [1.54, 1.807) is 19.1 Å². The molecule has 2 atom stereocenters. The topological polar surface area (TPSA) is 96.4 Å². The van der Waals surface area contributed by atoms with E-state index >= 15 is 0 Å². The van der Waals surface area contributed by atoms with Crippen LogP contribution in [0.1, 0.15) is 73.5 Å². The van der Waals surface area contributed by atoms with Crippen molar-refractivity contribution in [2.45, 2.75) is 77.5 Å². The number of anilines is 1. The molecule has 202 valence electrons. The van der Waals surface area contributed by atoms with Crippen LogP contribution >= 0.6 is 11.3 Å². The van der Waals surface area contributed by atoms with Crippen molar-refractivity contribution in [3.05, 3.63) is 51.7 Å². The number of amides is 3. The van der Waals surface area contributed by atoms with E-state index in [0.29, 0.717) is 17.2 Å². The molecule has 37 heavy (non-hydrogen) atoms. The van der Waals surface area contributed by atoms with Crippen molar-refractivity contribution in [3.8, 4) is 0 Å². The Morgan fingerprint density at radius 1 is 1.11 bits per heavy atom. The van der Waals surface area contributed by atoms with E-state index < -0.39 is 23.6 Å². The summed E-state index contributed by atoms with van der Waals surface area (Å²) >= 11 is 1.28. The fraction of sp³-hybridized carbons (Fsp3) is 0.536. The highest BCUT2D eigenvalue weighted by atomic mass is 32.1. The van der Waals surface area contributed by atoms with Crippen molar-refractivity contribution in [3.63, 3.8) is 0 Å². The van der Waals surface area contributed by atoms with Crippen LogP contribution < -0.4 is 4.90 Å². The van der Waals surface area contributed by atoms with Gasteiger partial charge in [0.15, 0.2) is 0 Å². The van der Waals surface area contributed by atoms with Crippen molar-refractivity contribution >= 4 is 34.9 Å². The minimum absolute atomic E-state index is 0.0188. The van der Waals surface area contributed by atoms with Crippen LogP contribution in [-0.2, 0) is 26.3 Å². The first kappa shape index (κ1) is 28.8. The Hall–Kier alpha value is -2.75. The average molecular weight is 531 g/mol. The third kappa shape index (κ3) is 6.58. The van der Waals surface area contributed by atoms with Crippen LogP contribution in [0.2, 0.25) is 0 Å². The van der Waals surface area contributed by atoms with E-state index in [1.807, 2.05) is 38.1 Å². The molecule has 9 heteroatoms. The molecule has 1 aromatic heterocycles. The van der Waals surface area contributed by atoms with Gasteiger partial charge in [-0.05, 0) is 43.2 Å². The summed E-state index contributed by atoms with van der Waals surface area (Å²) in [6, 6.07) is 9.74. The maximum Gasteiger partial charge on any atom is 0.348 e. The lowest BCUT2D eigenvalue weighted by Crippen LogP contribution is -2.39. The van der Waals surface area contributed by atoms with Crippen LogP contribution in [0.5, 0.6) is 0 Å². The summed E-state index contributed by atoms with van der Waals surface area (Å²) in [6.45, 7) is 8.47. The summed E-state index contributed by atoms with van der Waals surface area (Å²) in [5, 5.41) is 10.8. The van der Waals surface area contributed by atoms with Gasteiger partial charge in [-0.2, -0.15) is 0 Å². The number of hydrogen-bond donors (Lipinski definition) is 1. The fourth-order valence-corrected chi connectivity index (χ4v) is 5.23. The number of likely N-dealkylation sites (N-methyl/N-ethyl adjacent to an activating group) is 1. The molecular formula is C28H38N2O6S. The molecule has 1 saturated heterocycles. The Morgan fingerprint density at radius 3 is 2.46 bits per heavy atom. The fourth-order valence-electron chi connectivity index (χ4n) is 4.39. The predicted octanol–water partition coefficient (Wildman–Crippen LogP) is 5.13. The van der Waals surface area contributed by atoms with Gasteiger partial charge in [-0.25, -0.2) is 9.59 Å². The zero-order valence-corrected chi connectivity index (χ0v) is 23.2. The monoisotopic (exact) mass is 530 g/mol. The van der Waals surface area contributed by atoms with Crippen LogP contribution in [0.3, 0.4) is 0 Å². The molecule has 0 bridgehead atoms. The lowest BCUT2D eigenvalue weighted by molar-refractivity contribution is -0.127. The van der Waals surface area contributed by atoms with E-state index in [2.05, 4.69) is 6.92 Å². The number of carbonyl (C=O) groups excluding carboxylic acids is 3. The molecule has 0 aliphatic carbocycles. The molecule has 1 N–H and O–H groups in total. The second-order valence-electron chi connectivity index (χ2n) is 9.85. The van der Waals surface area contributed by atoms with Gasteiger partial charge in [0.25, 0.3) is 5.91 Å². The standard InChI is InChI=1S/C28H38N2O6S/c1-6-8-9-10-24(31)28(3,4)19-11-13-20(14-12-19)30-22(25(32)29(5)27(30)34)18-35-17-21-15-16-23(37-21)26(33)36-7-2/h11-16,22,24,31H,6-10,17-18H2,1-5H3. The number of rotatable bonds is 13. The Labute approximate surface area is 223 Å². The first-order valence-electron chi connectivity index (χ1n) is 12.8. The second kappa shape index (κ2) is 12.7. The van der Waals surface area contributed by atoms with Crippen LogP contribution in [0.4, 0.5) is 10.5 Å². The van der Waals surface area contributed by atoms with Crippen molar-refractivity contribution in [1.82, 2.24) is 4.90 Å². The molecular weight excluding hydrogens is 492 g/mol. The summed E-state index contributed by atoms with van der Waals surface area (Å²) in [6.07, 6.45) is 3.43. The zero-order valence-electron chi connectivity index (χ0n) is 22.4. The number of benzene rings is 1. The Bertz CT molecular complexity index is 1080. The van der Waals surface area contributed by atoms with E-state index in [9.17, 15) is 19.5 Å². The number of ether oxygens (including phenoxy) is 2. The third-order valence-corrected chi connectivity index (χ3v) is 7.92. The van der Waals surface area contributed by atoms with Crippen molar-refractivity contribution in [1.29, 1.82) is 0 Å². The Balaban J connectivity index is 1.68. The molecule has 0 saturated carbocycles. The number of unbranched alkanes of at least 4 members (excludes halogenated alkanes) is 2. The number of esters is 1. The van der Waals surface area contributed by atoms with Crippen LogP contribution in [0.15, 0.2) is 36.4 Å². The third-order valence-electron chi connectivity index (χ3n) is 6.88. The van der Waals surface area contributed by atoms with Crippen molar-refractivity contribution in [2.75, 3.05) is 25.2 Å². The van der Waals surface area contributed by atoms with Gasteiger partial charge in [-0.15, -0.1) is 11.3 Å². The van der Waals surface area contributed by atoms with E-state index in [-0.39, 0.29) is 25.1 Å². The molecule has 8 nitrogen and oxygen atoms in total. The summed E-state index contributed by atoms with van der Waals surface area (Å²) in [4.78, 5) is 41.5. The van der Waals surface area contributed by atoms with Crippen molar-refractivity contribution < 1.29 is 29.0 Å². The number of urea groups is 1. The first-order chi connectivity index (χ1) is 17.6. The quantitative estimate of drug-likeness (QED) is 0.219. The molecule has 1 aliphatic rings. The SMILES string of the molecule is CCCCCC(O)C(C)(C)c1ccc(N2C(=O)N(C)C(=O)C2COCc2ccc(C(=O)OCC)s2)cc1. The normalized spacial score (nSPS) is 17.0.